The molecule has 0 aliphatic carbocycles. The van der Waals surface area contributed by atoms with Crippen LogP contribution in [-0.2, 0) is 11.3 Å². The van der Waals surface area contributed by atoms with Crippen molar-refractivity contribution < 1.29 is 4.79 Å². The molecule has 8 nitrogen and oxygen atoms in total. The largest absolute Gasteiger partial charge is 0.356 e. The predicted octanol–water partition coefficient (Wildman–Crippen LogP) is 2.24. The number of piperidine rings is 1. The molecule has 0 saturated carbocycles. The Morgan fingerprint density at radius 1 is 1.21 bits per heavy atom. The summed E-state index contributed by atoms with van der Waals surface area (Å²) < 4.78 is 1.59. The minimum atomic E-state index is -0.0963. The van der Waals surface area contributed by atoms with Crippen LogP contribution in [0.5, 0.6) is 0 Å². The topological polar surface area (TPSA) is 88.8 Å². The minimum Gasteiger partial charge on any atom is -0.356 e. The lowest BCUT2D eigenvalue weighted by molar-refractivity contribution is -0.125. The van der Waals surface area contributed by atoms with E-state index < -0.39 is 0 Å². The first kappa shape index (κ1) is 18.4. The maximum atomic E-state index is 12.7. The van der Waals surface area contributed by atoms with Gasteiger partial charge in [0.15, 0.2) is 5.82 Å². The van der Waals surface area contributed by atoms with E-state index in [1.165, 1.54) is 12.7 Å². The molecule has 3 heterocycles. The number of carbonyl (C=O) groups excluding carboxylic acids is 1. The van der Waals surface area contributed by atoms with Gasteiger partial charge in [0.1, 0.15) is 24.8 Å². The number of hydrogen-bond acceptors (Lipinski definition) is 6. The molecule has 9 heteroatoms. The second-order valence-corrected chi connectivity index (χ2v) is 7.08. The van der Waals surface area contributed by atoms with Crippen molar-refractivity contribution >= 4 is 23.3 Å². The number of anilines is 1. The maximum Gasteiger partial charge on any atom is 0.225 e. The van der Waals surface area contributed by atoms with Gasteiger partial charge in [0, 0.05) is 30.7 Å². The fraction of sp³-hybridized carbons (Fsp3) is 0.316. The predicted molar refractivity (Wildman–Crippen MR) is 105 cm³/mol. The molecule has 28 heavy (non-hydrogen) atoms. The molecular formula is C19H20ClN7O. The number of nitrogens with zero attached hydrogens (tertiary/aromatic N) is 6. The molecule has 1 amide bonds. The van der Waals surface area contributed by atoms with Gasteiger partial charge in [-0.05, 0) is 24.5 Å². The van der Waals surface area contributed by atoms with Gasteiger partial charge in [-0.15, -0.1) is 0 Å². The Morgan fingerprint density at radius 2 is 2.07 bits per heavy atom. The molecule has 2 aromatic heterocycles. The van der Waals surface area contributed by atoms with Gasteiger partial charge in [0.2, 0.25) is 5.91 Å². The number of amides is 1. The third kappa shape index (κ3) is 4.12. The van der Waals surface area contributed by atoms with Gasteiger partial charge in [-0.1, -0.05) is 29.8 Å². The first-order chi connectivity index (χ1) is 13.7. The Bertz CT molecular complexity index is 947. The van der Waals surface area contributed by atoms with Crippen molar-refractivity contribution in [1.29, 1.82) is 0 Å². The molecule has 1 aromatic carbocycles. The van der Waals surface area contributed by atoms with Gasteiger partial charge < -0.3 is 10.2 Å². The second kappa shape index (κ2) is 8.35. The number of aromatic nitrogens is 5. The van der Waals surface area contributed by atoms with E-state index in [9.17, 15) is 4.79 Å². The van der Waals surface area contributed by atoms with Crippen LogP contribution in [0.2, 0.25) is 5.02 Å². The molecule has 3 aromatic rings. The summed E-state index contributed by atoms with van der Waals surface area (Å²) >= 11 is 6.17. The Hall–Kier alpha value is -3.00. The third-order valence-electron chi connectivity index (χ3n) is 4.82. The number of benzene rings is 1. The van der Waals surface area contributed by atoms with Crippen LogP contribution in [0.15, 0.2) is 49.3 Å². The van der Waals surface area contributed by atoms with E-state index in [4.69, 9.17) is 11.6 Å². The van der Waals surface area contributed by atoms with E-state index in [-0.39, 0.29) is 11.8 Å². The van der Waals surface area contributed by atoms with Gasteiger partial charge in [0.05, 0.1) is 5.92 Å². The molecule has 144 valence electrons. The first-order valence-electron chi connectivity index (χ1n) is 9.14. The van der Waals surface area contributed by atoms with Crippen molar-refractivity contribution in [3.8, 4) is 5.82 Å². The SMILES string of the molecule is O=C(NCc1ccccc1Cl)C1CCCN(c2cc(-n3cncn3)ncn2)C1. The van der Waals surface area contributed by atoms with Gasteiger partial charge in [0.25, 0.3) is 0 Å². The number of halogens is 1. The molecule has 0 radical (unpaired) electrons. The second-order valence-electron chi connectivity index (χ2n) is 6.67. The number of carbonyl (C=O) groups is 1. The Morgan fingerprint density at radius 3 is 2.89 bits per heavy atom. The Labute approximate surface area is 167 Å². The highest BCUT2D eigenvalue weighted by molar-refractivity contribution is 6.31. The highest BCUT2D eigenvalue weighted by atomic mass is 35.5. The molecule has 4 rings (SSSR count). The van der Waals surface area contributed by atoms with Gasteiger partial charge >= 0.3 is 0 Å². The average Bonchev–Trinajstić information content (AvgIpc) is 3.28. The van der Waals surface area contributed by atoms with Gasteiger partial charge in [-0.3, -0.25) is 4.79 Å². The first-order valence-corrected chi connectivity index (χ1v) is 9.51. The number of rotatable bonds is 5. The summed E-state index contributed by atoms with van der Waals surface area (Å²) in [6.07, 6.45) is 6.33. The van der Waals surface area contributed by atoms with Gasteiger partial charge in [-0.2, -0.15) is 5.10 Å². The van der Waals surface area contributed by atoms with Crippen LogP contribution in [0.25, 0.3) is 5.82 Å². The summed E-state index contributed by atoms with van der Waals surface area (Å²) in [6.45, 7) is 1.89. The number of nitrogens with one attached hydrogen (secondary N) is 1. The molecule has 1 aliphatic heterocycles. The molecule has 1 aliphatic rings. The lowest BCUT2D eigenvalue weighted by atomic mass is 9.97. The lowest BCUT2D eigenvalue weighted by Crippen LogP contribution is -2.43. The normalized spacial score (nSPS) is 16.8. The van der Waals surface area contributed by atoms with E-state index in [2.05, 4.69) is 30.3 Å². The number of hydrogen-bond donors (Lipinski definition) is 1. The molecular weight excluding hydrogens is 378 g/mol. The van der Waals surface area contributed by atoms with Crippen LogP contribution in [0, 0.1) is 5.92 Å². The summed E-state index contributed by atoms with van der Waals surface area (Å²) in [5.74, 6) is 1.37. The van der Waals surface area contributed by atoms with Crippen LogP contribution < -0.4 is 10.2 Å². The fourth-order valence-electron chi connectivity index (χ4n) is 3.33. The van der Waals surface area contributed by atoms with Crippen LogP contribution in [0.1, 0.15) is 18.4 Å². The summed E-state index contributed by atoms with van der Waals surface area (Å²) in [4.78, 5) is 27.3. The summed E-state index contributed by atoms with van der Waals surface area (Å²) in [6, 6.07) is 9.40. The van der Waals surface area contributed by atoms with Crippen LogP contribution in [0.4, 0.5) is 5.82 Å². The van der Waals surface area contributed by atoms with Gasteiger partial charge in [-0.25, -0.2) is 19.6 Å². The average molecular weight is 398 g/mol. The van der Waals surface area contributed by atoms with E-state index in [1.54, 1.807) is 11.0 Å². The molecule has 0 spiro atoms. The van der Waals surface area contributed by atoms with Crippen molar-refractivity contribution in [2.45, 2.75) is 19.4 Å². The molecule has 0 bridgehead atoms. The summed E-state index contributed by atoms with van der Waals surface area (Å²) in [7, 11) is 0. The van der Waals surface area contributed by atoms with Crippen molar-refractivity contribution in [2.24, 2.45) is 5.92 Å². The van der Waals surface area contributed by atoms with Crippen molar-refractivity contribution in [2.75, 3.05) is 18.0 Å². The molecule has 1 atom stereocenters. The molecule has 1 unspecified atom stereocenters. The summed E-state index contributed by atoms with van der Waals surface area (Å²) in [5, 5.41) is 7.77. The maximum absolute atomic E-state index is 12.7. The molecule has 1 fully saturated rings. The van der Waals surface area contributed by atoms with Crippen molar-refractivity contribution in [1.82, 2.24) is 30.0 Å². The van der Waals surface area contributed by atoms with Crippen LogP contribution >= 0.6 is 11.6 Å². The zero-order chi connectivity index (χ0) is 19.3. The minimum absolute atomic E-state index is 0.0372. The molecule has 1 N–H and O–H groups in total. The zero-order valence-electron chi connectivity index (χ0n) is 15.2. The van der Waals surface area contributed by atoms with E-state index in [0.717, 1.165) is 30.8 Å². The lowest BCUT2D eigenvalue weighted by Gasteiger charge is -2.32. The monoisotopic (exact) mass is 397 g/mol. The Kier molecular flexibility index (Phi) is 5.48. The standard InChI is InChI=1S/C19H20ClN7O/c20-16-6-2-1-4-14(16)9-22-19(28)15-5-3-7-26(10-15)17-8-18(24-12-23-17)27-13-21-11-25-27/h1-2,4,6,8,11-13,15H,3,5,7,9-10H2,(H,22,28). The van der Waals surface area contributed by atoms with E-state index in [1.807, 2.05) is 30.3 Å². The van der Waals surface area contributed by atoms with E-state index in [0.29, 0.717) is 23.9 Å². The van der Waals surface area contributed by atoms with Crippen LogP contribution in [-0.4, -0.2) is 43.7 Å². The summed E-state index contributed by atoms with van der Waals surface area (Å²) in [5.41, 5.74) is 0.915. The highest BCUT2D eigenvalue weighted by Gasteiger charge is 2.26. The zero-order valence-corrected chi connectivity index (χ0v) is 16.0. The quantitative estimate of drug-likeness (QED) is 0.710. The molecule has 1 saturated heterocycles. The van der Waals surface area contributed by atoms with Crippen LogP contribution in [0.3, 0.4) is 0 Å². The van der Waals surface area contributed by atoms with Crippen molar-refractivity contribution in [3.05, 3.63) is 59.9 Å². The van der Waals surface area contributed by atoms with E-state index >= 15 is 0 Å². The highest BCUT2D eigenvalue weighted by Crippen LogP contribution is 2.23. The Balaban J connectivity index is 1.41. The fourth-order valence-corrected chi connectivity index (χ4v) is 3.53. The third-order valence-corrected chi connectivity index (χ3v) is 5.19. The van der Waals surface area contributed by atoms with Crippen molar-refractivity contribution in [3.63, 3.8) is 0 Å². The smallest absolute Gasteiger partial charge is 0.225 e.